The van der Waals surface area contributed by atoms with Gasteiger partial charge in [-0.2, -0.15) is 11.8 Å². The first-order valence-corrected chi connectivity index (χ1v) is 9.94. The average Bonchev–Trinajstić information content (AvgIpc) is 3.42. The van der Waals surface area contributed by atoms with Gasteiger partial charge in [0, 0.05) is 17.3 Å². The zero-order chi connectivity index (χ0) is 17.6. The second-order valence-corrected chi connectivity index (χ2v) is 7.33. The molecule has 1 fully saturated rings. The van der Waals surface area contributed by atoms with Crippen LogP contribution >= 0.6 is 23.4 Å². The number of rotatable bonds is 4. The van der Waals surface area contributed by atoms with E-state index >= 15 is 0 Å². The number of aromatic nitrogens is 2. The van der Waals surface area contributed by atoms with Crippen LogP contribution in [0.4, 0.5) is 17.2 Å². The molecule has 4 rings (SSSR count). The number of pyridine rings is 2. The van der Waals surface area contributed by atoms with Crippen molar-refractivity contribution in [2.75, 3.05) is 23.1 Å². The molecular formula is C19H21ClN4S. The third-order valence-electron chi connectivity index (χ3n) is 3.88. The average molecular weight is 373 g/mol. The summed E-state index contributed by atoms with van der Waals surface area (Å²) in [6.45, 7) is 0. The molecule has 1 saturated carbocycles. The molecule has 0 amide bonds. The van der Waals surface area contributed by atoms with Crippen LogP contribution in [-0.2, 0) is 0 Å². The number of fused-ring (bicyclic) bond motifs is 1. The minimum Gasteiger partial charge on any atom is -0.399 e. The summed E-state index contributed by atoms with van der Waals surface area (Å²) in [5.74, 6) is 3.28. The number of thioether (sulfide) groups is 1. The van der Waals surface area contributed by atoms with Crippen LogP contribution in [0.5, 0.6) is 0 Å². The van der Waals surface area contributed by atoms with E-state index in [1.165, 1.54) is 18.6 Å². The van der Waals surface area contributed by atoms with Crippen LogP contribution < -0.4 is 11.1 Å². The van der Waals surface area contributed by atoms with E-state index < -0.39 is 0 Å². The summed E-state index contributed by atoms with van der Waals surface area (Å²) in [5, 5.41) is 5.73. The topological polar surface area (TPSA) is 63.8 Å². The highest BCUT2D eigenvalue weighted by Crippen LogP contribution is 2.31. The van der Waals surface area contributed by atoms with Gasteiger partial charge in [-0.25, -0.2) is 9.97 Å². The Balaban J connectivity index is 0.000000258. The normalized spacial score (nSPS) is 13.2. The second kappa shape index (κ2) is 8.41. The van der Waals surface area contributed by atoms with Gasteiger partial charge in [-0.15, -0.1) is 0 Å². The van der Waals surface area contributed by atoms with E-state index in [-0.39, 0.29) is 0 Å². The summed E-state index contributed by atoms with van der Waals surface area (Å²) in [7, 11) is 0. The van der Waals surface area contributed by atoms with E-state index in [9.17, 15) is 0 Å². The van der Waals surface area contributed by atoms with Gasteiger partial charge >= 0.3 is 0 Å². The Morgan fingerprint density at radius 3 is 2.68 bits per heavy atom. The first-order chi connectivity index (χ1) is 12.2. The molecule has 2 aromatic heterocycles. The standard InChI is InChI=1S/C14H11ClN4.C5H10S/c15-13-4-2-11(8-18-13)19-14-12-3-1-10(16)7-9(12)5-6-17-14;1-6-4-5-2-3-5/h1-8H,16H2,(H,17,19);5H,2-4H2,1H3. The first kappa shape index (κ1) is 17.8. The van der Waals surface area contributed by atoms with Crippen molar-refractivity contribution in [1.29, 1.82) is 0 Å². The van der Waals surface area contributed by atoms with Crippen LogP contribution in [0.15, 0.2) is 48.8 Å². The van der Waals surface area contributed by atoms with Crippen LogP contribution in [-0.4, -0.2) is 22.0 Å². The molecule has 0 aliphatic heterocycles. The highest BCUT2D eigenvalue weighted by atomic mass is 35.5. The third-order valence-corrected chi connectivity index (χ3v) is 4.91. The van der Waals surface area contributed by atoms with E-state index in [4.69, 9.17) is 17.3 Å². The van der Waals surface area contributed by atoms with E-state index in [0.717, 1.165) is 33.9 Å². The summed E-state index contributed by atoms with van der Waals surface area (Å²) in [6, 6.07) is 11.2. The predicted octanol–water partition coefficient (Wildman–Crippen LogP) is 5.37. The molecule has 0 spiro atoms. The number of nitrogens with zero attached hydrogens (tertiary/aromatic N) is 2. The molecule has 130 valence electrons. The van der Waals surface area contributed by atoms with Gasteiger partial charge in [0.25, 0.3) is 0 Å². The van der Waals surface area contributed by atoms with Crippen molar-refractivity contribution < 1.29 is 0 Å². The van der Waals surface area contributed by atoms with E-state index in [2.05, 4.69) is 21.5 Å². The van der Waals surface area contributed by atoms with Crippen molar-refractivity contribution in [2.45, 2.75) is 12.8 Å². The number of anilines is 3. The van der Waals surface area contributed by atoms with E-state index in [1.54, 1.807) is 18.5 Å². The number of hydrogen-bond donors (Lipinski definition) is 2. The van der Waals surface area contributed by atoms with Crippen LogP contribution in [0.1, 0.15) is 12.8 Å². The van der Waals surface area contributed by atoms with Gasteiger partial charge in [0.2, 0.25) is 0 Å². The summed E-state index contributed by atoms with van der Waals surface area (Å²) < 4.78 is 0. The molecule has 0 unspecified atom stereocenters. The number of hydrogen-bond acceptors (Lipinski definition) is 5. The fraction of sp³-hybridized carbons (Fsp3) is 0.263. The van der Waals surface area contributed by atoms with Crippen molar-refractivity contribution in [3.63, 3.8) is 0 Å². The van der Waals surface area contributed by atoms with Gasteiger partial charge < -0.3 is 11.1 Å². The maximum atomic E-state index is 5.78. The molecule has 0 radical (unpaired) electrons. The molecule has 0 bridgehead atoms. The Labute approximate surface area is 157 Å². The molecular weight excluding hydrogens is 352 g/mol. The Morgan fingerprint density at radius 2 is 2.04 bits per heavy atom. The maximum absolute atomic E-state index is 5.78. The molecule has 2 heterocycles. The van der Waals surface area contributed by atoms with Gasteiger partial charge in [-0.1, -0.05) is 11.6 Å². The number of nitrogen functional groups attached to an aromatic ring is 1. The molecule has 1 aliphatic rings. The molecule has 1 aromatic carbocycles. The van der Waals surface area contributed by atoms with Gasteiger partial charge in [0.15, 0.2) is 0 Å². The molecule has 3 aromatic rings. The smallest absolute Gasteiger partial charge is 0.138 e. The molecule has 25 heavy (non-hydrogen) atoms. The summed E-state index contributed by atoms with van der Waals surface area (Å²) in [5.41, 5.74) is 7.35. The predicted molar refractivity (Wildman–Crippen MR) is 110 cm³/mol. The lowest BCUT2D eigenvalue weighted by atomic mass is 10.1. The van der Waals surface area contributed by atoms with Crippen LogP contribution in [0.25, 0.3) is 10.8 Å². The van der Waals surface area contributed by atoms with Crippen molar-refractivity contribution in [1.82, 2.24) is 9.97 Å². The lowest BCUT2D eigenvalue weighted by Gasteiger charge is -2.08. The van der Waals surface area contributed by atoms with Gasteiger partial charge in [-0.3, -0.25) is 0 Å². The Hall–Kier alpha value is -1.98. The number of halogens is 1. The fourth-order valence-electron chi connectivity index (χ4n) is 2.40. The minimum absolute atomic E-state index is 0.462. The van der Waals surface area contributed by atoms with Crippen molar-refractivity contribution >= 4 is 51.3 Å². The van der Waals surface area contributed by atoms with E-state index in [0.29, 0.717) is 5.15 Å². The largest absolute Gasteiger partial charge is 0.399 e. The van der Waals surface area contributed by atoms with Gasteiger partial charge in [0.1, 0.15) is 11.0 Å². The monoisotopic (exact) mass is 372 g/mol. The van der Waals surface area contributed by atoms with Gasteiger partial charge in [-0.05, 0) is 72.6 Å². The Bertz CT molecular complexity index is 834. The lowest BCUT2D eigenvalue weighted by molar-refractivity contribution is 1.00. The quantitative estimate of drug-likeness (QED) is 0.476. The SMILES string of the molecule is CSCC1CC1.Nc1ccc2c(Nc3ccc(Cl)nc3)nccc2c1. The van der Waals surface area contributed by atoms with Crippen molar-refractivity contribution in [3.8, 4) is 0 Å². The molecule has 0 atom stereocenters. The fourth-order valence-corrected chi connectivity index (χ4v) is 3.32. The van der Waals surface area contributed by atoms with Gasteiger partial charge in [0.05, 0.1) is 11.9 Å². The number of benzene rings is 1. The first-order valence-electron chi connectivity index (χ1n) is 8.17. The molecule has 3 N–H and O–H groups in total. The molecule has 1 aliphatic carbocycles. The van der Waals surface area contributed by atoms with Crippen molar-refractivity contribution in [3.05, 3.63) is 53.9 Å². The van der Waals surface area contributed by atoms with Crippen LogP contribution in [0.3, 0.4) is 0 Å². The minimum atomic E-state index is 0.462. The van der Waals surface area contributed by atoms with Crippen molar-refractivity contribution in [2.24, 2.45) is 5.92 Å². The lowest BCUT2D eigenvalue weighted by Crippen LogP contribution is -1.95. The number of nitrogens with two attached hydrogens (primary N) is 1. The van der Waals surface area contributed by atoms with Crippen LogP contribution in [0.2, 0.25) is 5.15 Å². The molecule has 4 nitrogen and oxygen atoms in total. The highest BCUT2D eigenvalue weighted by molar-refractivity contribution is 7.98. The second-order valence-electron chi connectivity index (χ2n) is 6.03. The summed E-state index contributed by atoms with van der Waals surface area (Å²) in [4.78, 5) is 8.37. The summed E-state index contributed by atoms with van der Waals surface area (Å²) >= 11 is 7.73. The Morgan fingerprint density at radius 1 is 1.20 bits per heavy atom. The summed E-state index contributed by atoms with van der Waals surface area (Å²) in [6.07, 6.45) is 8.59. The zero-order valence-corrected chi connectivity index (χ0v) is 15.6. The highest BCUT2D eigenvalue weighted by Gasteiger charge is 2.19. The van der Waals surface area contributed by atoms with E-state index in [1.807, 2.05) is 42.1 Å². The molecule has 0 saturated heterocycles. The van der Waals surface area contributed by atoms with Crippen LogP contribution in [0, 0.1) is 5.92 Å². The maximum Gasteiger partial charge on any atom is 0.138 e. The number of nitrogens with one attached hydrogen (secondary N) is 1. The zero-order valence-electron chi connectivity index (χ0n) is 14.1. The third kappa shape index (κ3) is 5.25. The Kier molecular flexibility index (Phi) is 6.00. The molecule has 6 heteroatoms.